The zero-order valence-corrected chi connectivity index (χ0v) is 15.4. The van der Waals surface area contributed by atoms with Crippen LogP contribution in [-0.2, 0) is 6.54 Å². The summed E-state index contributed by atoms with van der Waals surface area (Å²) in [4.78, 5) is 4.44. The van der Waals surface area contributed by atoms with Gasteiger partial charge in [-0.05, 0) is 35.7 Å². The lowest BCUT2D eigenvalue weighted by Crippen LogP contribution is -2.00. The maximum absolute atomic E-state index is 5.39. The minimum Gasteiger partial charge on any atom is -0.497 e. The van der Waals surface area contributed by atoms with E-state index in [0.717, 1.165) is 11.3 Å². The second kappa shape index (κ2) is 7.91. The first-order valence-corrected chi connectivity index (χ1v) is 8.49. The fraction of sp³-hybridized carbons (Fsp3) is 0.300. The van der Waals surface area contributed by atoms with E-state index < -0.39 is 0 Å². The molecule has 6 heteroatoms. The molecule has 0 saturated carbocycles. The summed E-state index contributed by atoms with van der Waals surface area (Å²) < 4.78 is 16.0. The molecular weight excluding hydrogens is 330 g/mol. The van der Waals surface area contributed by atoms with Gasteiger partial charge in [-0.25, -0.2) is 0 Å². The highest BCUT2D eigenvalue weighted by atomic mass is 16.5. The average molecular weight is 353 g/mol. The van der Waals surface area contributed by atoms with Crippen molar-refractivity contribution in [1.29, 1.82) is 0 Å². The summed E-state index contributed by atoms with van der Waals surface area (Å²) in [7, 11) is 3.21. The quantitative estimate of drug-likeness (QED) is 0.675. The molecule has 3 rings (SSSR count). The Bertz CT molecular complexity index is 857. The van der Waals surface area contributed by atoms with E-state index in [1.807, 2.05) is 12.1 Å². The fourth-order valence-corrected chi connectivity index (χ4v) is 2.58. The summed E-state index contributed by atoms with van der Waals surface area (Å²) >= 11 is 0. The first-order chi connectivity index (χ1) is 12.6. The Morgan fingerprint density at radius 1 is 1.04 bits per heavy atom. The zero-order valence-electron chi connectivity index (χ0n) is 15.4. The Morgan fingerprint density at radius 2 is 1.81 bits per heavy atom. The van der Waals surface area contributed by atoms with E-state index in [2.05, 4.69) is 53.6 Å². The number of ether oxygens (including phenoxy) is 2. The molecule has 136 valence electrons. The highest BCUT2D eigenvalue weighted by Gasteiger charge is 2.14. The molecule has 0 bridgehead atoms. The first-order valence-electron chi connectivity index (χ1n) is 8.49. The molecule has 0 aliphatic heterocycles. The van der Waals surface area contributed by atoms with Crippen molar-refractivity contribution in [3.8, 4) is 22.9 Å². The number of hydrogen-bond acceptors (Lipinski definition) is 6. The SMILES string of the molecule is COc1ccc(-c2noc(CNc3ccc(C(C)C)cc3)n2)c(OC)c1. The van der Waals surface area contributed by atoms with Gasteiger partial charge < -0.3 is 19.3 Å². The van der Waals surface area contributed by atoms with Gasteiger partial charge in [0.15, 0.2) is 0 Å². The van der Waals surface area contributed by atoms with E-state index in [1.54, 1.807) is 20.3 Å². The van der Waals surface area contributed by atoms with E-state index in [0.29, 0.717) is 35.7 Å². The van der Waals surface area contributed by atoms with Crippen molar-refractivity contribution >= 4 is 5.69 Å². The molecule has 0 aliphatic carbocycles. The minimum atomic E-state index is 0.451. The van der Waals surface area contributed by atoms with Gasteiger partial charge >= 0.3 is 0 Å². The maximum atomic E-state index is 5.39. The summed E-state index contributed by atoms with van der Waals surface area (Å²) in [5, 5.41) is 7.34. The number of nitrogens with zero attached hydrogens (tertiary/aromatic N) is 2. The Balaban J connectivity index is 1.70. The molecule has 6 nitrogen and oxygen atoms in total. The van der Waals surface area contributed by atoms with Crippen LogP contribution in [0.1, 0.15) is 31.2 Å². The summed E-state index contributed by atoms with van der Waals surface area (Å²) in [5.74, 6) is 2.85. The monoisotopic (exact) mass is 353 g/mol. The van der Waals surface area contributed by atoms with E-state index in [4.69, 9.17) is 14.0 Å². The predicted molar refractivity (Wildman–Crippen MR) is 101 cm³/mol. The van der Waals surface area contributed by atoms with Crippen molar-refractivity contribution in [3.05, 3.63) is 53.9 Å². The van der Waals surface area contributed by atoms with Crippen molar-refractivity contribution in [1.82, 2.24) is 10.1 Å². The van der Waals surface area contributed by atoms with Crippen LogP contribution in [0.4, 0.5) is 5.69 Å². The van der Waals surface area contributed by atoms with E-state index in [1.165, 1.54) is 5.56 Å². The molecule has 0 radical (unpaired) electrons. The van der Waals surface area contributed by atoms with E-state index in [9.17, 15) is 0 Å². The van der Waals surface area contributed by atoms with Gasteiger partial charge in [0.1, 0.15) is 11.5 Å². The predicted octanol–water partition coefficient (Wildman–Crippen LogP) is 4.49. The Labute approximate surface area is 153 Å². The molecule has 0 amide bonds. The summed E-state index contributed by atoms with van der Waals surface area (Å²) in [6, 6.07) is 13.8. The summed E-state index contributed by atoms with van der Waals surface area (Å²) in [6.07, 6.45) is 0. The van der Waals surface area contributed by atoms with Crippen molar-refractivity contribution in [2.24, 2.45) is 0 Å². The topological polar surface area (TPSA) is 69.4 Å². The molecule has 1 aromatic heterocycles. The number of benzene rings is 2. The molecule has 0 aliphatic rings. The highest BCUT2D eigenvalue weighted by molar-refractivity contribution is 5.65. The largest absolute Gasteiger partial charge is 0.497 e. The number of nitrogens with one attached hydrogen (secondary N) is 1. The molecule has 3 aromatic rings. The fourth-order valence-electron chi connectivity index (χ4n) is 2.58. The van der Waals surface area contributed by atoms with Crippen LogP contribution in [0.15, 0.2) is 47.0 Å². The van der Waals surface area contributed by atoms with E-state index in [-0.39, 0.29) is 0 Å². The molecule has 2 aromatic carbocycles. The van der Waals surface area contributed by atoms with Crippen LogP contribution in [-0.4, -0.2) is 24.4 Å². The lowest BCUT2D eigenvalue weighted by atomic mass is 10.0. The molecule has 0 atom stereocenters. The molecule has 26 heavy (non-hydrogen) atoms. The third-order valence-electron chi connectivity index (χ3n) is 4.14. The van der Waals surface area contributed by atoms with Gasteiger partial charge in [0.05, 0.1) is 26.3 Å². The van der Waals surface area contributed by atoms with Crippen LogP contribution in [0.25, 0.3) is 11.4 Å². The molecule has 0 saturated heterocycles. The van der Waals surface area contributed by atoms with Gasteiger partial charge in [-0.15, -0.1) is 0 Å². The van der Waals surface area contributed by atoms with Crippen LogP contribution in [0.3, 0.4) is 0 Å². The van der Waals surface area contributed by atoms with Crippen LogP contribution in [0.5, 0.6) is 11.5 Å². The van der Waals surface area contributed by atoms with Crippen LogP contribution < -0.4 is 14.8 Å². The third kappa shape index (κ3) is 3.96. The van der Waals surface area contributed by atoms with Crippen molar-refractivity contribution < 1.29 is 14.0 Å². The second-order valence-corrected chi connectivity index (χ2v) is 6.21. The highest BCUT2D eigenvalue weighted by Crippen LogP contribution is 2.31. The van der Waals surface area contributed by atoms with Gasteiger partial charge in [0.25, 0.3) is 0 Å². The van der Waals surface area contributed by atoms with Gasteiger partial charge in [-0.1, -0.05) is 31.1 Å². The average Bonchev–Trinajstić information content (AvgIpc) is 3.15. The molecule has 1 heterocycles. The van der Waals surface area contributed by atoms with Crippen LogP contribution >= 0.6 is 0 Å². The first kappa shape index (κ1) is 17.8. The van der Waals surface area contributed by atoms with Gasteiger partial charge in [0.2, 0.25) is 11.7 Å². The van der Waals surface area contributed by atoms with Crippen LogP contribution in [0, 0.1) is 0 Å². The van der Waals surface area contributed by atoms with E-state index >= 15 is 0 Å². The summed E-state index contributed by atoms with van der Waals surface area (Å²) in [5.41, 5.74) is 3.07. The van der Waals surface area contributed by atoms with Gasteiger partial charge in [-0.2, -0.15) is 4.98 Å². The standard InChI is InChI=1S/C20H23N3O3/c1-13(2)14-5-7-15(8-6-14)21-12-19-22-20(23-26-19)17-10-9-16(24-3)11-18(17)25-4/h5-11,13,21H,12H2,1-4H3. The summed E-state index contributed by atoms with van der Waals surface area (Å²) in [6.45, 7) is 4.80. The molecule has 1 N–H and O–H groups in total. The number of hydrogen-bond donors (Lipinski definition) is 1. The molecule has 0 unspecified atom stereocenters. The lowest BCUT2D eigenvalue weighted by Gasteiger charge is -2.08. The molecular formula is C20H23N3O3. The number of anilines is 1. The maximum Gasteiger partial charge on any atom is 0.246 e. The Morgan fingerprint density at radius 3 is 2.46 bits per heavy atom. The normalized spacial score (nSPS) is 10.8. The minimum absolute atomic E-state index is 0.451. The second-order valence-electron chi connectivity index (χ2n) is 6.21. The Kier molecular flexibility index (Phi) is 5.41. The lowest BCUT2D eigenvalue weighted by molar-refractivity contribution is 0.382. The van der Waals surface area contributed by atoms with Gasteiger partial charge in [0, 0.05) is 11.8 Å². The van der Waals surface area contributed by atoms with Crippen molar-refractivity contribution in [3.63, 3.8) is 0 Å². The van der Waals surface area contributed by atoms with Crippen molar-refractivity contribution in [2.75, 3.05) is 19.5 Å². The molecule has 0 fully saturated rings. The smallest absolute Gasteiger partial charge is 0.246 e. The number of rotatable bonds is 7. The van der Waals surface area contributed by atoms with Crippen LogP contribution in [0.2, 0.25) is 0 Å². The molecule has 0 spiro atoms. The number of aromatic nitrogens is 2. The Hall–Kier alpha value is -3.02. The van der Waals surface area contributed by atoms with Gasteiger partial charge in [-0.3, -0.25) is 0 Å². The van der Waals surface area contributed by atoms with Crippen molar-refractivity contribution in [2.45, 2.75) is 26.3 Å². The third-order valence-corrected chi connectivity index (χ3v) is 4.14. The number of methoxy groups -OCH3 is 2. The zero-order chi connectivity index (χ0) is 18.5.